The number of carbonyl (C=O) groups is 1. The predicted octanol–water partition coefficient (Wildman–Crippen LogP) is 1.58. The second kappa shape index (κ2) is 4.22. The van der Waals surface area contributed by atoms with Gasteiger partial charge in [-0.25, -0.2) is 0 Å². The molecule has 2 unspecified atom stereocenters. The molecule has 1 spiro atoms. The fraction of sp³-hybridized carbons (Fsp3) is 0.250. The first-order valence-electron chi connectivity index (χ1n) is 6.98. The molecule has 5 heteroatoms. The first-order chi connectivity index (χ1) is 10.2. The van der Waals surface area contributed by atoms with E-state index in [2.05, 4.69) is 15.6 Å². The van der Waals surface area contributed by atoms with Crippen LogP contribution in [0.5, 0.6) is 5.75 Å². The van der Waals surface area contributed by atoms with Crippen molar-refractivity contribution in [1.82, 2.24) is 10.6 Å². The molecule has 0 saturated heterocycles. The highest BCUT2D eigenvalue weighted by Gasteiger charge is 2.47. The van der Waals surface area contributed by atoms with Gasteiger partial charge in [0.1, 0.15) is 17.0 Å². The van der Waals surface area contributed by atoms with Crippen molar-refractivity contribution in [2.24, 2.45) is 4.99 Å². The maximum absolute atomic E-state index is 12.0. The summed E-state index contributed by atoms with van der Waals surface area (Å²) in [6.45, 7) is 2.03. The zero-order valence-electron chi connectivity index (χ0n) is 11.6. The molecule has 0 aromatic heterocycles. The van der Waals surface area contributed by atoms with Crippen LogP contribution >= 0.6 is 0 Å². The molecule has 3 aliphatic rings. The van der Waals surface area contributed by atoms with Gasteiger partial charge in [-0.1, -0.05) is 18.2 Å². The number of nitrogens with one attached hydrogen (secondary N) is 2. The van der Waals surface area contributed by atoms with Crippen molar-refractivity contribution < 1.29 is 9.53 Å². The summed E-state index contributed by atoms with van der Waals surface area (Å²) < 4.78 is 6.07. The minimum Gasteiger partial charge on any atom is -0.459 e. The number of nitrogens with zero attached hydrogens (tertiary/aromatic N) is 1. The summed E-state index contributed by atoms with van der Waals surface area (Å²) in [7, 11) is 0. The molecule has 3 aliphatic heterocycles. The standard InChI is InChI=1S/C16H15N3O2/c1-10-15-12(6-7-17-10)16(8-14(20)18-9-19-16)11-4-2-3-5-13(11)21-15/h2-7,9-10,17H,8H2,1H3,(H,18,19,20). The van der Waals surface area contributed by atoms with Crippen molar-refractivity contribution in [2.75, 3.05) is 0 Å². The molecule has 0 radical (unpaired) electrons. The minimum atomic E-state index is -0.681. The van der Waals surface area contributed by atoms with Crippen LogP contribution in [0.2, 0.25) is 0 Å². The maximum atomic E-state index is 12.0. The number of rotatable bonds is 0. The van der Waals surface area contributed by atoms with Gasteiger partial charge in [0.2, 0.25) is 5.91 Å². The van der Waals surface area contributed by atoms with Gasteiger partial charge in [0.15, 0.2) is 0 Å². The Morgan fingerprint density at radius 1 is 1.38 bits per heavy atom. The van der Waals surface area contributed by atoms with Gasteiger partial charge >= 0.3 is 0 Å². The van der Waals surface area contributed by atoms with Gasteiger partial charge in [-0.3, -0.25) is 9.79 Å². The lowest BCUT2D eigenvalue weighted by Gasteiger charge is -2.41. The van der Waals surface area contributed by atoms with Gasteiger partial charge < -0.3 is 15.4 Å². The number of para-hydroxylation sites is 1. The van der Waals surface area contributed by atoms with Crippen molar-refractivity contribution in [3.8, 4) is 5.75 Å². The molecule has 0 bridgehead atoms. The molecular formula is C16H15N3O2. The molecular weight excluding hydrogens is 266 g/mol. The third kappa shape index (κ3) is 1.63. The first kappa shape index (κ1) is 12.2. The molecule has 4 rings (SSSR count). The van der Waals surface area contributed by atoms with E-state index >= 15 is 0 Å². The lowest BCUT2D eigenvalue weighted by atomic mass is 9.75. The Labute approximate surface area is 122 Å². The summed E-state index contributed by atoms with van der Waals surface area (Å²) in [4.78, 5) is 16.7. The topological polar surface area (TPSA) is 62.7 Å². The van der Waals surface area contributed by atoms with E-state index in [1.165, 1.54) is 6.34 Å². The molecule has 0 fully saturated rings. The largest absolute Gasteiger partial charge is 0.459 e. The molecule has 2 atom stereocenters. The lowest BCUT2D eigenvalue weighted by Crippen LogP contribution is -2.45. The summed E-state index contributed by atoms with van der Waals surface area (Å²) >= 11 is 0. The van der Waals surface area contributed by atoms with Gasteiger partial charge in [-0.15, -0.1) is 0 Å². The molecule has 3 heterocycles. The zero-order chi connectivity index (χ0) is 14.4. The van der Waals surface area contributed by atoms with Crippen LogP contribution < -0.4 is 15.4 Å². The average Bonchev–Trinajstić information content (AvgIpc) is 2.49. The van der Waals surface area contributed by atoms with Crippen LogP contribution in [0.25, 0.3) is 0 Å². The highest BCUT2D eigenvalue weighted by atomic mass is 16.5. The van der Waals surface area contributed by atoms with E-state index in [4.69, 9.17) is 4.74 Å². The number of aliphatic imine (C=N–C) groups is 1. The van der Waals surface area contributed by atoms with Crippen molar-refractivity contribution in [1.29, 1.82) is 0 Å². The molecule has 1 amide bonds. The van der Waals surface area contributed by atoms with Crippen molar-refractivity contribution in [3.05, 3.63) is 53.4 Å². The van der Waals surface area contributed by atoms with E-state index in [1.54, 1.807) is 0 Å². The summed E-state index contributed by atoms with van der Waals surface area (Å²) in [6.07, 6.45) is 5.64. The molecule has 5 nitrogen and oxygen atoms in total. The number of benzene rings is 1. The number of carbonyl (C=O) groups excluding carboxylic acids is 1. The van der Waals surface area contributed by atoms with Crippen LogP contribution in [-0.2, 0) is 10.3 Å². The number of amides is 1. The summed E-state index contributed by atoms with van der Waals surface area (Å²) in [5, 5.41) is 5.89. The second-order valence-corrected chi connectivity index (χ2v) is 5.46. The SMILES string of the molecule is CC1NC=CC2=C1Oc1ccccc1C21CC(=O)NC=N1. The Kier molecular flexibility index (Phi) is 2.45. The van der Waals surface area contributed by atoms with Crippen LogP contribution in [0, 0.1) is 0 Å². The molecule has 0 aliphatic carbocycles. The first-order valence-corrected chi connectivity index (χ1v) is 6.98. The summed E-state index contributed by atoms with van der Waals surface area (Å²) in [5.74, 6) is 1.57. The van der Waals surface area contributed by atoms with Crippen LogP contribution in [-0.4, -0.2) is 18.3 Å². The molecule has 0 saturated carbocycles. The number of hydrogen-bond donors (Lipinski definition) is 2. The zero-order valence-corrected chi connectivity index (χ0v) is 11.6. The molecule has 1 aromatic rings. The van der Waals surface area contributed by atoms with Crippen molar-refractivity contribution in [2.45, 2.75) is 24.9 Å². The van der Waals surface area contributed by atoms with E-state index in [1.807, 2.05) is 43.5 Å². The maximum Gasteiger partial charge on any atom is 0.228 e. The summed E-state index contributed by atoms with van der Waals surface area (Å²) in [5.41, 5.74) is 1.21. The van der Waals surface area contributed by atoms with E-state index in [0.717, 1.165) is 22.6 Å². The van der Waals surface area contributed by atoms with Crippen LogP contribution in [0.3, 0.4) is 0 Å². The van der Waals surface area contributed by atoms with E-state index in [0.29, 0.717) is 6.42 Å². The van der Waals surface area contributed by atoms with Crippen molar-refractivity contribution in [3.63, 3.8) is 0 Å². The Morgan fingerprint density at radius 2 is 2.24 bits per heavy atom. The third-order valence-electron chi connectivity index (χ3n) is 4.18. The average molecular weight is 281 g/mol. The second-order valence-electron chi connectivity index (χ2n) is 5.46. The molecule has 21 heavy (non-hydrogen) atoms. The quantitative estimate of drug-likeness (QED) is 0.759. The van der Waals surface area contributed by atoms with Gasteiger partial charge in [0, 0.05) is 11.1 Å². The Bertz CT molecular complexity index is 720. The highest BCUT2D eigenvalue weighted by Crippen LogP contribution is 2.49. The smallest absolute Gasteiger partial charge is 0.228 e. The predicted molar refractivity (Wildman–Crippen MR) is 78.8 cm³/mol. The monoisotopic (exact) mass is 281 g/mol. The van der Waals surface area contributed by atoms with Gasteiger partial charge in [0.25, 0.3) is 0 Å². The van der Waals surface area contributed by atoms with Crippen LogP contribution in [0.4, 0.5) is 0 Å². The van der Waals surface area contributed by atoms with Crippen molar-refractivity contribution >= 4 is 12.2 Å². The number of dihydropyridines is 1. The van der Waals surface area contributed by atoms with E-state index in [-0.39, 0.29) is 11.9 Å². The minimum absolute atomic E-state index is 0.0341. The highest BCUT2D eigenvalue weighted by molar-refractivity contribution is 5.92. The molecule has 106 valence electrons. The molecule has 1 aromatic carbocycles. The van der Waals surface area contributed by atoms with E-state index < -0.39 is 5.54 Å². The van der Waals surface area contributed by atoms with E-state index in [9.17, 15) is 4.79 Å². The normalized spacial score (nSPS) is 29.4. The number of fused-ring (bicyclic) bond motifs is 3. The number of hydrogen-bond acceptors (Lipinski definition) is 4. The Balaban J connectivity index is 2.00. The van der Waals surface area contributed by atoms with Crippen LogP contribution in [0.1, 0.15) is 18.9 Å². The van der Waals surface area contributed by atoms with Gasteiger partial charge in [-0.2, -0.15) is 0 Å². The van der Waals surface area contributed by atoms with Gasteiger partial charge in [-0.05, 0) is 25.3 Å². The fourth-order valence-electron chi connectivity index (χ4n) is 3.19. The number of ether oxygens (including phenoxy) is 1. The Morgan fingerprint density at radius 3 is 3.10 bits per heavy atom. The third-order valence-corrected chi connectivity index (χ3v) is 4.18. The molecule has 2 N–H and O–H groups in total. The van der Waals surface area contributed by atoms with Gasteiger partial charge in [0.05, 0.1) is 18.8 Å². The van der Waals surface area contributed by atoms with Crippen LogP contribution in [0.15, 0.2) is 52.9 Å². The fourth-order valence-corrected chi connectivity index (χ4v) is 3.19. The lowest BCUT2D eigenvalue weighted by molar-refractivity contribution is -0.121. The Hall–Kier alpha value is -2.56. The summed E-state index contributed by atoms with van der Waals surface area (Å²) in [6, 6.07) is 7.84.